The van der Waals surface area contributed by atoms with Gasteiger partial charge < -0.3 is 19.3 Å². The van der Waals surface area contributed by atoms with Gasteiger partial charge in [-0.1, -0.05) is 11.6 Å². The van der Waals surface area contributed by atoms with Crippen molar-refractivity contribution >= 4 is 46.1 Å². The van der Waals surface area contributed by atoms with Crippen LogP contribution in [-0.2, 0) is 11.2 Å². The number of ether oxygens (including phenoxy) is 2. The second-order valence-corrected chi connectivity index (χ2v) is 9.74. The Hall–Kier alpha value is -2.62. The zero-order valence-electron chi connectivity index (χ0n) is 17.7. The molecule has 0 bridgehead atoms. The maximum Gasteiger partial charge on any atom is 0.254 e. The summed E-state index contributed by atoms with van der Waals surface area (Å²) in [5.74, 6) is 1.02. The lowest BCUT2D eigenvalue weighted by Gasteiger charge is -2.34. The highest BCUT2D eigenvalue weighted by molar-refractivity contribution is 7.23. The number of piperazine rings is 1. The van der Waals surface area contributed by atoms with E-state index >= 15 is 0 Å². The second kappa shape index (κ2) is 9.89. The third-order valence-electron chi connectivity index (χ3n) is 5.22. The van der Waals surface area contributed by atoms with Crippen molar-refractivity contribution in [2.75, 3.05) is 40.4 Å². The number of nitrogens with zero attached hydrogens (tertiary/aromatic N) is 3. The minimum absolute atomic E-state index is 0.0178. The highest BCUT2D eigenvalue weighted by Gasteiger charge is 2.26. The van der Waals surface area contributed by atoms with Gasteiger partial charge in [0.15, 0.2) is 11.5 Å². The number of rotatable bonds is 6. The molecule has 168 valence electrons. The van der Waals surface area contributed by atoms with E-state index in [9.17, 15) is 9.59 Å². The fourth-order valence-corrected chi connectivity index (χ4v) is 5.44. The van der Waals surface area contributed by atoms with Crippen molar-refractivity contribution in [2.45, 2.75) is 6.42 Å². The van der Waals surface area contributed by atoms with Crippen LogP contribution >= 0.6 is 34.3 Å². The molecule has 32 heavy (non-hydrogen) atoms. The van der Waals surface area contributed by atoms with Gasteiger partial charge in [-0.05, 0) is 30.3 Å². The zero-order valence-corrected chi connectivity index (χ0v) is 20.1. The standard InChI is InChI=1S/C22H22ClN3O4S2/c1-29-16-4-3-14(11-17(16)30-2)22(28)26-9-7-25(8-10-26)20(27)12-15-13-31-21(24-15)18-5-6-19(23)32-18/h3-6,11,13H,7-10,12H2,1-2H3. The largest absolute Gasteiger partial charge is 0.493 e. The number of halogens is 1. The van der Waals surface area contributed by atoms with Crippen LogP contribution in [0.3, 0.4) is 0 Å². The van der Waals surface area contributed by atoms with Crippen LogP contribution in [0.4, 0.5) is 0 Å². The van der Waals surface area contributed by atoms with Crippen molar-refractivity contribution in [1.82, 2.24) is 14.8 Å². The first-order valence-electron chi connectivity index (χ1n) is 9.97. The lowest BCUT2D eigenvalue weighted by atomic mass is 10.1. The first-order valence-corrected chi connectivity index (χ1v) is 12.0. The molecule has 1 saturated heterocycles. The molecular weight excluding hydrogens is 470 g/mol. The maximum absolute atomic E-state index is 12.9. The number of methoxy groups -OCH3 is 2. The molecule has 1 fully saturated rings. The van der Waals surface area contributed by atoms with Gasteiger partial charge in [0.25, 0.3) is 5.91 Å². The van der Waals surface area contributed by atoms with E-state index in [1.165, 1.54) is 29.8 Å². The van der Waals surface area contributed by atoms with E-state index in [4.69, 9.17) is 21.1 Å². The van der Waals surface area contributed by atoms with Crippen LogP contribution in [0.1, 0.15) is 16.1 Å². The van der Waals surface area contributed by atoms with E-state index in [1.807, 2.05) is 17.5 Å². The second-order valence-electron chi connectivity index (χ2n) is 7.17. The van der Waals surface area contributed by atoms with Crippen molar-refractivity contribution in [3.05, 3.63) is 51.3 Å². The molecule has 2 aromatic heterocycles. The number of carbonyl (C=O) groups excluding carboxylic acids is 2. The monoisotopic (exact) mass is 491 g/mol. The van der Waals surface area contributed by atoms with Crippen LogP contribution in [-0.4, -0.2) is 67.0 Å². The summed E-state index contributed by atoms with van der Waals surface area (Å²) in [4.78, 5) is 34.8. The van der Waals surface area contributed by atoms with E-state index < -0.39 is 0 Å². The molecule has 1 aromatic carbocycles. The molecule has 3 heterocycles. The predicted molar refractivity (Wildman–Crippen MR) is 126 cm³/mol. The number of benzene rings is 1. The van der Waals surface area contributed by atoms with Crippen LogP contribution in [0.25, 0.3) is 9.88 Å². The Balaban J connectivity index is 1.33. The number of thiazole rings is 1. The highest BCUT2D eigenvalue weighted by Crippen LogP contribution is 2.33. The Morgan fingerprint density at radius 1 is 1.03 bits per heavy atom. The molecule has 0 saturated carbocycles. The molecule has 3 aromatic rings. The molecule has 4 rings (SSSR count). The SMILES string of the molecule is COc1ccc(C(=O)N2CCN(C(=O)Cc3csc(-c4ccc(Cl)s4)n3)CC2)cc1OC. The van der Waals surface area contributed by atoms with E-state index in [2.05, 4.69) is 4.98 Å². The number of carbonyl (C=O) groups is 2. The molecule has 1 aliphatic heterocycles. The number of thiophene rings is 1. The van der Waals surface area contributed by atoms with Crippen LogP contribution < -0.4 is 9.47 Å². The fourth-order valence-electron chi connectivity index (χ4n) is 3.51. The lowest BCUT2D eigenvalue weighted by Crippen LogP contribution is -2.51. The molecule has 1 aliphatic rings. The van der Waals surface area contributed by atoms with E-state index in [0.717, 1.165) is 15.6 Å². The van der Waals surface area contributed by atoms with Gasteiger partial charge in [0.2, 0.25) is 5.91 Å². The zero-order chi connectivity index (χ0) is 22.7. The van der Waals surface area contributed by atoms with Gasteiger partial charge in [-0.15, -0.1) is 22.7 Å². The van der Waals surface area contributed by atoms with Crippen molar-refractivity contribution in [2.24, 2.45) is 0 Å². The molecule has 0 aliphatic carbocycles. The normalized spacial score (nSPS) is 13.8. The summed E-state index contributed by atoms with van der Waals surface area (Å²) in [5, 5.41) is 2.78. The maximum atomic E-state index is 12.9. The minimum atomic E-state index is -0.0863. The molecule has 0 N–H and O–H groups in total. The number of aromatic nitrogens is 1. The summed E-state index contributed by atoms with van der Waals surface area (Å²) in [7, 11) is 3.09. The van der Waals surface area contributed by atoms with Gasteiger partial charge in [0.05, 0.1) is 35.5 Å². The molecule has 7 nitrogen and oxygen atoms in total. The lowest BCUT2D eigenvalue weighted by molar-refractivity contribution is -0.132. The topological polar surface area (TPSA) is 72.0 Å². The minimum Gasteiger partial charge on any atom is -0.493 e. The number of hydrogen-bond acceptors (Lipinski definition) is 7. The molecular formula is C22H22ClN3O4S2. The molecule has 0 unspecified atom stereocenters. The molecule has 10 heteroatoms. The van der Waals surface area contributed by atoms with E-state index in [-0.39, 0.29) is 18.2 Å². The predicted octanol–water partition coefficient (Wildman–Crippen LogP) is 4.07. The Labute approximate surface area is 199 Å². The van der Waals surface area contributed by atoms with Crippen LogP contribution in [0, 0.1) is 0 Å². The molecule has 0 spiro atoms. The Morgan fingerprint density at radius 3 is 2.41 bits per heavy atom. The van der Waals surface area contributed by atoms with Gasteiger partial charge in [0.1, 0.15) is 5.01 Å². The third kappa shape index (κ3) is 4.90. The average molecular weight is 492 g/mol. The summed E-state index contributed by atoms with van der Waals surface area (Å²) < 4.78 is 11.2. The Morgan fingerprint density at radius 2 is 1.75 bits per heavy atom. The van der Waals surface area contributed by atoms with Crippen LogP contribution in [0.2, 0.25) is 4.34 Å². The summed E-state index contributed by atoms with van der Waals surface area (Å²) in [6, 6.07) is 8.90. The van der Waals surface area contributed by atoms with Crippen LogP contribution in [0.5, 0.6) is 11.5 Å². The van der Waals surface area contributed by atoms with Gasteiger partial charge in [-0.2, -0.15) is 0 Å². The summed E-state index contributed by atoms with van der Waals surface area (Å²) in [6.45, 7) is 1.95. The van der Waals surface area contributed by atoms with Gasteiger partial charge >= 0.3 is 0 Å². The van der Waals surface area contributed by atoms with Gasteiger partial charge in [-0.3, -0.25) is 9.59 Å². The summed E-state index contributed by atoms with van der Waals surface area (Å²) in [6.07, 6.45) is 0.249. The Kier molecular flexibility index (Phi) is 6.98. The van der Waals surface area contributed by atoms with Crippen LogP contribution in [0.15, 0.2) is 35.7 Å². The van der Waals surface area contributed by atoms with Crippen molar-refractivity contribution in [3.8, 4) is 21.4 Å². The van der Waals surface area contributed by atoms with Gasteiger partial charge in [0, 0.05) is 37.1 Å². The van der Waals surface area contributed by atoms with Crippen molar-refractivity contribution in [1.29, 1.82) is 0 Å². The highest BCUT2D eigenvalue weighted by atomic mass is 35.5. The van der Waals surface area contributed by atoms with Crippen molar-refractivity contribution in [3.63, 3.8) is 0 Å². The molecule has 0 atom stereocenters. The number of hydrogen-bond donors (Lipinski definition) is 0. The smallest absolute Gasteiger partial charge is 0.254 e. The van der Waals surface area contributed by atoms with Gasteiger partial charge in [-0.25, -0.2) is 4.98 Å². The van der Waals surface area contributed by atoms with E-state index in [0.29, 0.717) is 47.6 Å². The third-order valence-corrected chi connectivity index (χ3v) is 7.51. The average Bonchev–Trinajstić information content (AvgIpc) is 3.47. The molecule has 2 amide bonds. The Bertz CT molecular complexity index is 1120. The fraction of sp³-hybridized carbons (Fsp3) is 0.318. The summed E-state index contributed by atoms with van der Waals surface area (Å²) in [5.41, 5.74) is 1.29. The first kappa shape index (κ1) is 22.6. The summed E-state index contributed by atoms with van der Waals surface area (Å²) >= 11 is 8.98. The first-order chi connectivity index (χ1) is 15.5. The van der Waals surface area contributed by atoms with Crippen molar-refractivity contribution < 1.29 is 19.1 Å². The number of amides is 2. The molecule has 0 radical (unpaired) electrons. The quantitative estimate of drug-likeness (QED) is 0.519. The van der Waals surface area contributed by atoms with E-state index in [1.54, 1.807) is 35.1 Å².